The van der Waals surface area contributed by atoms with Gasteiger partial charge in [0.2, 0.25) is 5.91 Å². The summed E-state index contributed by atoms with van der Waals surface area (Å²) in [4.78, 5) is 14.0. The molecule has 92 valence electrons. The molecule has 3 unspecified atom stereocenters. The van der Waals surface area contributed by atoms with Crippen molar-refractivity contribution in [3.63, 3.8) is 0 Å². The van der Waals surface area contributed by atoms with Gasteiger partial charge < -0.3 is 15.7 Å². The summed E-state index contributed by atoms with van der Waals surface area (Å²) in [5.74, 6) is 0.322. The molecule has 0 bridgehead atoms. The summed E-state index contributed by atoms with van der Waals surface area (Å²) in [6.07, 6.45) is 5.33. The average molecular weight is 226 g/mol. The molecule has 0 radical (unpaired) electrons. The van der Waals surface area contributed by atoms with Crippen LogP contribution < -0.4 is 5.73 Å². The number of aliphatic hydroxyl groups excluding tert-OH is 1. The maximum Gasteiger partial charge on any atom is 0.225 e. The zero-order chi connectivity index (χ0) is 11.5. The number of nitrogens with zero attached hydrogens (tertiary/aromatic N) is 1. The number of carbonyl (C=O) groups excluding carboxylic acids is 1. The third kappa shape index (κ3) is 2.74. The molecule has 1 aliphatic heterocycles. The molecule has 1 amide bonds. The van der Waals surface area contributed by atoms with Gasteiger partial charge in [0, 0.05) is 25.0 Å². The van der Waals surface area contributed by atoms with Gasteiger partial charge in [-0.05, 0) is 32.1 Å². The van der Waals surface area contributed by atoms with Gasteiger partial charge >= 0.3 is 0 Å². The van der Waals surface area contributed by atoms with E-state index < -0.39 is 0 Å². The number of carbonyl (C=O) groups is 1. The standard InChI is InChI=1S/C12H22N2O2/c13-10-4-1-3-9(7-10)12(16)14-6-2-5-11(15)8-14/h9-11,15H,1-8,13H2. The Labute approximate surface area is 96.8 Å². The summed E-state index contributed by atoms with van der Waals surface area (Å²) in [5.41, 5.74) is 5.90. The number of nitrogens with two attached hydrogens (primary N) is 1. The lowest BCUT2D eigenvalue weighted by molar-refractivity contribution is -0.139. The fourth-order valence-corrected chi connectivity index (χ4v) is 2.86. The van der Waals surface area contributed by atoms with Crippen LogP contribution in [0.25, 0.3) is 0 Å². The quantitative estimate of drug-likeness (QED) is 0.683. The second kappa shape index (κ2) is 5.15. The van der Waals surface area contributed by atoms with E-state index in [-0.39, 0.29) is 24.0 Å². The van der Waals surface area contributed by atoms with Gasteiger partial charge in [-0.3, -0.25) is 4.79 Å². The second-order valence-electron chi connectivity index (χ2n) is 5.20. The molecule has 1 heterocycles. The predicted octanol–water partition coefficient (Wildman–Crippen LogP) is 0.487. The van der Waals surface area contributed by atoms with E-state index in [0.29, 0.717) is 6.54 Å². The molecule has 0 aromatic rings. The molecule has 3 atom stereocenters. The van der Waals surface area contributed by atoms with Crippen LogP contribution in [0.4, 0.5) is 0 Å². The first-order chi connectivity index (χ1) is 7.66. The number of hydrogen-bond acceptors (Lipinski definition) is 3. The van der Waals surface area contributed by atoms with Crippen LogP contribution in [0.5, 0.6) is 0 Å². The Morgan fingerprint density at radius 1 is 1.25 bits per heavy atom. The minimum atomic E-state index is -0.324. The highest BCUT2D eigenvalue weighted by atomic mass is 16.3. The van der Waals surface area contributed by atoms with Crippen LogP contribution in [0.3, 0.4) is 0 Å². The largest absolute Gasteiger partial charge is 0.391 e. The molecule has 1 aliphatic carbocycles. The molecule has 1 saturated heterocycles. The van der Waals surface area contributed by atoms with Gasteiger partial charge in [0.25, 0.3) is 0 Å². The minimum Gasteiger partial charge on any atom is -0.391 e. The fraction of sp³-hybridized carbons (Fsp3) is 0.917. The number of likely N-dealkylation sites (tertiary alicyclic amines) is 1. The summed E-state index contributed by atoms with van der Waals surface area (Å²) in [6.45, 7) is 1.33. The van der Waals surface area contributed by atoms with E-state index in [9.17, 15) is 9.90 Å². The number of aliphatic hydroxyl groups is 1. The Bertz CT molecular complexity index is 233. The SMILES string of the molecule is NC1CCCC(C(=O)N2CCCC(O)C2)C1. The molecule has 2 rings (SSSR count). The lowest BCUT2D eigenvalue weighted by atomic mass is 9.85. The van der Waals surface area contributed by atoms with Crippen LogP contribution in [0.2, 0.25) is 0 Å². The van der Waals surface area contributed by atoms with E-state index in [2.05, 4.69) is 0 Å². The van der Waals surface area contributed by atoms with Crippen molar-refractivity contribution in [2.75, 3.05) is 13.1 Å². The molecule has 16 heavy (non-hydrogen) atoms. The van der Waals surface area contributed by atoms with Crippen molar-refractivity contribution < 1.29 is 9.90 Å². The fourth-order valence-electron chi connectivity index (χ4n) is 2.86. The van der Waals surface area contributed by atoms with Gasteiger partial charge in [-0.1, -0.05) is 6.42 Å². The third-order valence-electron chi connectivity index (χ3n) is 3.77. The summed E-state index contributed by atoms with van der Waals surface area (Å²) in [5, 5.41) is 9.56. The molecule has 1 saturated carbocycles. The lowest BCUT2D eigenvalue weighted by Gasteiger charge is -2.35. The Morgan fingerprint density at radius 3 is 2.75 bits per heavy atom. The third-order valence-corrected chi connectivity index (χ3v) is 3.77. The first kappa shape index (κ1) is 11.9. The van der Waals surface area contributed by atoms with Crippen molar-refractivity contribution in [1.82, 2.24) is 4.90 Å². The van der Waals surface area contributed by atoms with Gasteiger partial charge in [0.05, 0.1) is 6.10 Å². The maximum absolute atomic E-state index is 12.2. The zero-order valence-electron chi connectivity index (χ0n) is 9.77. The Kier molecular flexibility index (Phi) is 3.82. The topological polar surface area (TPSA) is 66.6 Å². The van der Waals surface area contributed by atoms with Crippen molar-refractivity contribution in [2.24, 2.45) is 11.7 Å². The van der Waals surface area contributed by atoms with Crippen molar-refractivity contribution >= 4 is 5.91 Å². The summed E-state index contributed by atoms with van der Waals surface area (Å²) in [6, 6.07) is 0.192. The average Bonchev–Trinajstić information content (AvgIpc) is 2.28. The molecule has 2 fully saturated rings. The van der Waals surface area contributed by atoms with E-state index in [1.807, 2.05) is 4.90 Å². The van der Waals surface area contributed by atoms with E-state index in [0.717, 1.165) is 45.1 Å². The Balaban J connectivity index is 1.90. The number of amides is 1. The number of β-amino-alcohol motifs (C(OH)–C–C–N with tert-alkyl or cyclic N) is 1. The highest BCUT2D eigenvalue weighted by Gasteiger charge is 2.31. The van der Waals surface area contributed by atoms with Crippen LogP contribution in [-0.4, -0.2) is 41.1 Å². The van der Waals surface area contributed by atoms with Gasteiger partial charge in [-0.15, -0.1) is 0 Å². The Morgan fingerprint density at radius 2 is 2.06 bits per heavy atom. The van der Waals surface area contributed by atoms with E-state index in [1.165, 1.54) is 0 Å². The van der Waals surface area contributed by atoms with Gasteiger partial charge in [0.15, 0.2) is 0 Å². The van der Waals surface area contributed by atoms with Gasteiger partial charge in [-0.2, -0.15) is 0 Å². The first-order valence-corrected chi connectivity index (χ1v) is 6.39. The number of hydrogen-bond donors (Lipinski definition) is 2. The van der Waals surface area contributed by atoms with Crippen molar-refractivity contribution in [3.8, 4) is 0 Å². The molecule has 4 nitrogen and oxygen atoms in total. The molecular formula is C12H22N2O2. The molecule has 2 aliphatic rings. The van der Waals surface area contributed by atoms with Crippen molar-refractivity contribution in [3.05, 3.63) is 0 Å². The van der Waals surface area contributed by atoms with Crippen LogP contribution in [0, 0.1) is 5.92 Å². The predicted molar refractivity (Wildman–Crippen MR) is 61.8 cm³/mol. The van der Waals surface area contributed by atoms with E-state index >= 15 is 0 Å². The summed E-state index contributed by atoms with van der Waals surface area (Å²) >= 11 is 0. The van der Waals surface area contributed by atoms with Crippen LogP contribution in [0.1, 0.15) is 38.5 Å². The summed E-state index contributed by atoms with van der Waals surface area (Å²) < 4.78 is 0. The number of piperidine rings is 1. The van der Waals surface area contributed by atoms with Crippen LogP contribution in [0.15, 0.2) is 0 Å². The van der Waals surface area contributed by atoms with Crippen molar-refractivity contribution in [2.45, 2.75) is 50.7 Å². The Hall–Kier alpha value is -0.610. The van der Waals surface area contributed by atoms with Gasteiger partial charge in [0.1, 0.15) is 0 Å². The second-order valence-corrected chi connectivity index (χ2v) is 5.20. The lowest BCUT2D eigenvalue weighted by Crippen LogP contribution is -2.46. The zero-order valence-corrected chi connectivity index (χ0v) is 9.77. The highest BCUT2D eigenvalue weighted by Crippen LogP contribution is 2.26. The van der Waals surface area contributed by atoms with E-state index in [1.54, 1.807) is 0 Å². The molecule has 0 spiro atoms. The van der Waals surface area contributed by atoms with Crippen LogP contribution in [-0.2, 0) is 4.79 Å². The smallest absolute Gasteiger partial charge is 0.225 e. The summed E-state index contributed by atoms with van der Waals surface area (Å²) in [7, 11) is 0. The molecule has 0 aromatic heterocycles. The maximum atomic E-state index is 12.2. The first-order valence-electron chi connectivity index (χ1n) is 6.39. The van der Waals surface area contributed by atoms with Crippen molar-refractivity contribution in [1.29, 1.82) is 0 Å². The van der Waals surface area contributed by atoms with Crippen LogP contribution >= 0.6 is 0 Å². The molecular weight excluding hydrogens is 204 g/mol. The normalized spacial score (nSPS) is 36.1. The molecule has 0 aromatic carbocycles. The van der Waals surface area contributed by atoms with Gasteiger partial charge in [-0.25, -0.2) is 0 Å². The molecule has 4 heteroatoms. The number of rotatable bonds is 1. The minimum absolute atomic E-state index is 0.106. The highest BCUT2D eigenvalue weighted by molar-refractivity contribution is 5.79. The molecule has 3 N–H and O–H groups in total. The van der Waals surface area contributed by atoms with E-state index in [4.69, 9.17) is 5.73 Å². The monoisotopic (exact) mass is 226 g/mol.